The van der Waals surface area contributed by atoms with Gasteiger partial charge >= 0.3 is 0 Å². The summed E-state index contributed by atoms with van der Waals surface area (Å²) in [5.74, 6) is 1.09. The number of nitrogens with zero attached hydrogens (tertiary/aromatic N) is 2. The zero-order chi connectivity index (χ0) is 20.2. The minimum Gasteiger partial charge on any atom is -0.494 e. The van der Waals surface area contributed by atoms with Crippen molar-refractivity contribution in [2.24, 2.45) is 5.92 Å². The van der Waals surface area contributed by atoms with Gasteiger partial charge in [-0.25, -0.2) is 4.98 Å². The number of carbonyl (C=O) groups is 1. The lowest BCUT2D eigenvalue weighted by atomic mass is 9.96. The van der Waals surface area contributed by atoms with E-state index in [1.54, 1.807) is 11.3 Å². The van der Waals surface area contributed by atoms with Crippen molar-refractivity contribution in [1.82, 2.24) is 10.3 Å². The van der Waals surface area contributed by atoms with Crippen molar-refractivity contribution in [3.05, 3.63) is 52.5 Å². The summed E-state index contributed by atoms with van der Waals surface area (Å²) in [4.78, 5) is 19.7. The molecule has 152 valence electrons. The Morgan fingerprint density at radius 1 is 1.28 bits per heavy atom. The van der Waals surface area contributed by atoms with Crippen molar-refractivity contribution in [1.29, 1.82) is 0 Å². The van der Waals surface area contributed by atoms with Gasteiger partial charge in [0.25, 0.3) is 0 Å². The lowest BCUT2D eigenvalue weighted by Crippen LogP contribution is -2.40. The molecule has 0 saturated carbocycles. The summed E-state index contributed by atoms with van der Waals surface area (Å²) in [6.45, 7) is 4.91. The second-order valence-electron chi connectivity index (χ2n) is 7.13. The maximum atomic E-state index is 12.6. The number of fused-ring (bicyclic) bond motifs is 1. The SMILES string of the molecule is CCOc1ccc2nc(N3CCC(C(=O)NCc4ccccc4Br)CC3)sc2c1. The van der Waals surface area contributed by atoms with E-state index in [1.165, 1.54) is 0 Å². The van der Waals surface area contributed by atoms with Crippen molar-refractivity contribution in [3.8, 4) is 5.75 Å². The van der Waals surface area contributed by atoms with Gasteiger partial charge in [0.15, 0.2) is 5.13 Å². The highest BCUT2D eigenvalue weighted by atomic mass is 79.9. The molecule has 4 rings (SSSR count). The Bertz CT molecular complexity index is 999. The Morgan fingerprint density at radius 3 is 2.83 bits per heavy atom. The molecule has 0 unspecified atom stereocenters. The summed E-state index contributed by atoms with van der Waals surface area (Å²) in [6.07, 6.45) is 1.70. The molecule has 1 N–H and O–H groups in total. The fraction of sp³-hybridized carbons (Fsp3) is 0.364. The van der Waals surface area contributed by atoms with E-state index in [-0.39, 0.29) is 11.8 Å². The Balaban J connectivity index is 1.33. The monoisotopic (exact) mass is 473 g/mol. The average molecular weight is 474 g/mol. The highest BCUT2D eigenvalue weighted by Crippen LogP contribution is 2.33. The molecule has 3 aromatic rings. The van der Waals surface area contributed by atoms with Gasteiger partial charge in [0, 0.05) is 30.0 Å². The number of nitrogens with one attached hydrogen (secondary N) is 1. The van der Waals surface area contributed by atoms with Gasteiger partial charge in [-0.3, -0.25) is 4.79 Å². The molecule has 1 saturated heterocycles. The summed E-state index contributed by atoms with van der Waals surface area (Å²) in [6, 6.07) is 14.0. The number of aromatic nitrogens is 1. The predicted molar refractivity (Wildman–Crippen MR) is 122 cm³/mol. The van der Waals surface area contributed by atoms with E-state index >= 15 is 0 Å². The number of hydrogen-bond acceptors (Lipinski definition) is 5. The van der Waals surface area contributed by atoms with Gasteiger partial charge in [0.1, 0.15) is 5.75 Å². The van der Waals surface area contributed by atoms with E-state index in [2.05, 4.69) is 32.2 Å². The standard InChI is InChI=1S/C22H24BrN3O2S/c1-2-28-17-7-8-19-20(13-17)29-22(25-19)26-11-9-15(10-12-26)21(27)24-14-16-5-3-4-6-18(16)23/h3-8,13,15H,2,9-12,14H2,1H3,(H,24,27). The van der Waals surface area contributed by atoms with Crippen molar-refractivity contribution in [2.75, 3.05) is 24.6 Å². The van der Waals surface area contributed by atoms with Crippen LogP contribution in [-0.2, 0) is 11.3 Å². The Hall–Kier alpha value is -2.12. The summed E-state index contributed by atoms with van der Waals surface area (Å²) < 4.78 is 7.75. The normalized spacial score (nSPS) is 14.9. The zero-order valence-corrected chi connectivity index (χ0v) is 18.8. The predicted octanol–water partition coefficient (Wildman–Crippen LogP) is 4.99. The molecule has 1 fully saturated rings. The van der Waals surface area contributed by atoms with E-state index in [9.17, 15) is 4.79 Å². The number of ether oxygens (including phenoxy) is 1. The highest BCUT2D eigenvalue weighted by Gasteiger charge is 2.26. The summed E-state index contributed by atoms with van der Waals surface area (Å²) in [7, 11) is 0. The number of rotatable bonds is 6. The van der Waals surface area contributed by atoms with Crippen LogP contribution in [0.2, 0.25) is 0 Å². The van der Waals surface area contributed by atoms with Crippen LogP contribution in [0.15, 0.2) is 46.9 Å². The lowest BCUT2D eigenvalue weighted by molar-refractivity contribution is -0.125. The third-order valence-corrected chi connectivity index (χ3v) is 7.06. The molecule has 29 heavy (non-hydrogen) atoms. The van der Waals surface area contributed by atoms with Crippen molar-refractivity contribution >= 4 is 48.5 Å². The molecule has 5 nitrogen and oxygen atoms in total. The van der Waals surface area contributed by atoms with Crippen LogP contribution in [0.5, 0.6) is 5.75 Å². The quantitative estimate of drug-likeness (QED) is 0.547. The molecular formula is C22H24BrN3O2S. The fourth-order valence-corrected chi connectivity index (χ4v) is 5.06. The fourth-order valence-electron chi connectivity index (χ4n) is 3.59. The molecule has 1 amide bonds. The van der Waals surface area contributed by atoms with Gasteiger partial charge in [0.2, 0.25) is 5.91 Å². The first-order valence-corrected chi connectivity index (χ1v) is 11.5. The van der Waals surface area contributed by atoms with Crippen molar-refractivity contribution in [3.63, 3.8) is 0 Å². The smallest absolute Gasteiger partial charge is 0.223 e. The third kappa shape index (κ3) is 4.73. The topological polar surface area (TPSA) is 54.5 Å². The highest BCUT2D eigenvalue weighted by molar-refractivity contribution is 9.10. The molecule has 0 spiro atoms. The van der Waals surface area contributed by atoms with E-state index in [1.807, 2.05) is 43.3 Å². The molecule has 7 heteroatoms. The van der Waals surface area contributed by atoms with Crippen LogP contribution in [0.4, 0.5) is 5.13 Å². The summed E-state index contributed by atoms with van der Waals surface area (Å²) in [5.41, 5.74) is 2.10. The van der Waals surface area contributed by atoms with Gasteiger partial charge < -0.3 is 15.0 Å². The van der Waals surface area contributed by atoms with Crippen LogP contribution in [-0.4, -0.2) is 30.6 Å². The van der Waals surface area contributed by atoms with Crippen LogP contribution in [0.25, 0.3) is 10.2 Å². The third-order valence-electron chi connectivity index (χ3n) is 5.21. The van der Waals surface area contributed by atoms with Crippen LogP contribution < -0.4 is 15.0 Å². The lowest BCUT2D eigenvalue weighted by Gasteiger charge is -2.31. The molecule has 0 bridgehead atoms. The Kier molecular flexibility index (Phi) is 6.35. The first-order chi connectivity index (χ1) is 14.1. The largest absolute Gasteiger partial charge is 0.494 e. The molecule has 2 heterocycles. The number of thiazole rings is 1. The molecule has 0 aliphatic carbocycles. The van der Waals surface area contributed by atoms with Crippen LogP contribution in [0.1, 0.15) is 25.3 Å². The van der Waals surface area contributed by atoms with Gasteiger partial charge in [-0.2, -0.15) is 0 Å². The molecule has 2 aromatic carbocycles. The second kappa shape index (κ2) is 9.13. The van der Waals surface area contributed by atoms with E-state index in [0.29, 0.717) is 13.2 Å². The molecular weight excluding hydrogens is 450 g/mol. The number of amides is 1. The van der Waals surface area contributed by atoms with Crippen LogP contribution >= 0.6 is 27.3 Å². The minimum absolute atomic E-state index is 0.0627. The summed E-state index contributed by atoms with van der Waals surface area (Å²) >= 11 is 5.22. The van der Waals surface area contributed by atoms with E-state index < -0.39 is 0 Å². The van der Waals surface area contributed by atoms with Crippen molar-refractivity contribution in [2.45, 2.75) is 26.3 Å². The second-order valence-corrected chi connectivity index (χ2v) is 8.99. The first-order valence-electron chi connectivity index (χ1n) is 9.93. The average Bonchev–Trinajstić information content (AvgIpc) is 3.17. The zero-order valence-electron chi connectivity index (χ0n) is 16.4. The van der Waals surface area contributed by atoms with Crippen LogP contribution in [0, 0.1) is 5.92 Å². The first kappa shape index (κ1) is 20.2. The van der Waals surface area contributed by atoms with Gasteiger partial charge in [-0.15, -0.1) is 0 Å². The molecule has 0 atom stereocenters. The van der Waals surface area contributed by atoms with E-state index in [0.717, 1.165) is 57.1 Å². The number of hydrogen-bond donors (Lipinski definition) is 1. The molecule has 1 aliphatic rings. The number of halogens is 1. The maximum Gasteiger partial charge on any atom is 0.223 e. The Labute approximate surface area is 183 Å². The van der Waals surface area contributed by atoms with Gasteiger partial charge in [-0.1, -0.05) is 45.5 Å². The number of benzene rings is 2. The number of piperidine rings is 1. The minimum atomic E-state index is 0.0627. The van der Waals surface area contributed by atoms with Crippen LogP contribution in [0.3, 0.4) is 0 Å². The van der Waals surface area contributed by atoms with Crippen molar-refractivity contribution < 1.29 is 9.53 Å². The number of carbonyl (C=O) groups excluding carboxylic acids is 1. The molecule has 0 radical (unpaired) electrons. The maximum absolute atomic E-state index is 12.6. The van der Waals surface area contributed by atoms with Gasteiger partial charge in [-0.05, 0) is 49.6 Å². The number of anilines is 1. The summed E-state index contributed by atoms with van der Waals surface area (Å²) in [5, 5.41) is 4.12. The van der Waals surface area contributed by atoms with Gasteiger partial charge in [0.05, 0.1) is 16.8 Å². The van der Waals surface area contributed by atoms with E-state index in [4.69, 9.17) is 9.72 Å². The molecule has 1 aliphatic heterocycles. The molecule has 1 aromatic heterocycles. The Morgan fingerprint density at radius 2 is 2.07 bits per heavy atom.